The number of carbonyl (C=O) groups is 2. The molecule has 4 heterocycles. The molecule has 158 valence electrons. The Hall–Kier alpha value is -2.95. The van der Waals surface area contributed by atoms with Gasteiger partial charge >= 0.3 is 6.09 Å². The minimum Gasteiger partial charge on any atom is -0.450 e. The zero-order chi connectivity index (χ0) is 21.3. The van der Waals surface area contributed by atoms with Crippen LogP contribution in [0.1, 0.15) is 24.3 Å². The summed E-state index contributed by atoms with van der Waals surface area (Å²) in [6, 6.07) is 3.49. The first-order valence-corrected chi connectivity index (χ1v) is 10.6. The highest BCUT2D eigenvalue weighted by atomic mass is 79.9. The molecule has 0 bridgehead atoms. The summed E-state index contributed by atoms with van der Waals surface area (Å²) in [6.07, 6.45) is 3.24. The number of ether oxygens (including phenoxy) is 1. The monoisotopic (exact) mass is 475 g/mol. The summed E-state index contributed by atoms with van der Waals surface area (Å²) < 4.78 is 9.33. The van der Waals surface area contributed by atoms with Gasteiger partial charge in [0.05, 0.1) is 16.8 Å². The molecule has 0 aliphatic carbocycles. The number of halogens is 1. The Morgan fingerprint density at radius 3 is 2.53 bits per heavy atom. The lowest BCUT2D eigenvalue weighted by molar-refractivity contribution is 0.0565. The third kappa shape index (κ3) is 3.76. The number of amides is 2. The summed E-state index contributed by atoms with van der Waals surface area (Å²) in [5, 5.41) is 9.08. The van der Waals surface area contributed by atoms with Crippen LogP contribution in [0.2, 0.25) is 0 Å². The average molecular weight is 476 g/mol. The van der Waals surface area contributed by atoms with Crippen molar-refractivity contribution in [2.75, 3.05) is 32.8 Å². The maximum absolute atomic E-state index is 13.0. The molecule has 0 saturated carbocycles. The largest absolute Gasteiger partial charge is 0.450 e. The molecule has 2 amide bonds. The van der Waals surface area contributed by atoms with Gasteiger partial charge in [0.1, 0.15) is 5.69 Å². The van der Waals surface area contributed by atoms with Crippen LogP contribution in [0.25, 0.3) is 17.0 Å². The molecule has 30 heavy (non-hydrogen) atoms. The van der Waals surface area contributed by atoms with Crippen LogP contribution in [-0.2, 0) is 11.3 Å². The second kappa shape index (κ2) is 8.42. The van der Waals surface area contributed by atoms with Gasteiger partial charge in [0.15, 0.2) is 11.3 Å². The molecule has 0 radical (unpaired) electrons. The van der Waals surface area contributed by atoms with Crippen LogP contribution in [-0.4, -0.2) is 79.0 Å². The van der Waals surface area contributed by atoms with Crippen LogP contribution >= 0.6 is 15.9 Å². The molecule has 4 rings (SSSR count). The Morgan fingerprint density at radius 2 is 1.87 bits per heavy atom. The van der Waals surface area contributed by atoms with E-state index in [0.717, 1.165) is 22.4 Å². The lowest BCUT2D eigenvalue weighted by Gasteiger charge is -2.33. The quantitative estimate of drug-likeness (QED) is 0.573. The van der Waals surface area contributed by atoms with E-state index in [2.05, 4.69) is 31.1 Å². The van der Waals surface area contributed by atoms with Crippen molar-refractivity contribution >= 4 is 33.6 Å². The predicted molar refractivity (Wildman–Crippen MR) is 112 cm³/mol. The van der Waals surface area contributed by atoms with Crippen LogP contribution in [0.3, 0.4) is 0 Å². The lowest BCUT2D eigenvalue weighted by atomic mass is 10.3. The fourth-order valence-electron chi connectivity index (χ4n) is 3.38. The van der Waals surface area contributed by atoms with Gasteiger partial charge in [-0.05, 0) is 35.8 Å². The van der Waals surface area contributed by atoms with Crippen molar-refractivity contribution < 1.29 is 14.3 Å². The van der Waals surface area contributed by atoms with Crippen molar-refractivity contribution in [2.45, 2.75) is 20.4 Å². The van der Waals surface area contributed by atoms with Gasteiger partial charge in [-0.3, -0.25) is 9.48 Å². The summed E-state index contributed by atoms with van der Waals surface area (Å²) in [5.41, 5.74) is 2.35. The molecule has 1 fully saturated rings. The molecule has 0 spiro atoms. The highest BCUT2D eigenvalue weighted by Crippen LogP contribution is 2.27. The molecule has 3 aromatic rings. The summed E-state index contributed by atoms with van der Waals surface area (Å²) in [5.74, 6) is -0.187. The Balaban J connectivity index is 1.56. The highest BCUT2D eigenvalue weighted by molar-refractivity contribution is 9.10. The van der Waals surface area contributed by atoms with E-state index in [1.165, 1.54) is 0 Å². The summed E-state index contributed by atoms with van der Waals surface area (Å²) in [6.45, 7) is 6.59. The minimum atomic E-state index is -0.344. The Morgan fingerprint density at radius 1 is 1.13 bits per heavy atom. The lowest BCUT2D eigenvalue weighted by Crippen LogP contribution is -2.50. The fraction of sp³-hybridized carbons (Fsp3) is 0.421. The Kier molecular flexibility index (Phi) is 5.71. The van der Waals surface area contributed by atoms with Gasteiger partial charge in [-0.2, -0.15) is 10.2 Å². The van der Waals surface area contributed by atoms with Crippen molar-refractivity contribution in [3.63, 3.8) is 0 Å². The first kappa shape index (κ1) is 20.3. The molecule has 1 aliphatic heterocycles. The van der Waals surface area contributed by atoms with Gasteiger partial charge in [0, 0.05) is 51.2 Å². The van der Waals surface area contributed by atoms with Gasteiger partial charge < -0.3 is 14.5 Å². The average Bonchev–Trinajstić information content (AvgIpc) is 3.36. The third-order valence-corrected chi connectivity index (χ3v) is 5.53. The number of aromatic nitrogens is 5. The normalized spacial score (nSPS) is 14.4. The van der Waals surface area contributed by atoms with Crippen LogP contribution in [0.4, 0.5) is 4.79 Å². The maximum atomic E-state index is 13.0. The standard InChI is InChI=1S/C19H22BrN7O3/c1-3-26-12-13(20)17(23-26)15-5-6-21-16-11-14(22-27(15)16)18(28)24-7-9-25(10-8-24)19(29)30-4-2/h5-6,11-12H,3-4,7-10H2,1-2H3. The zero-order valence-electron chi connectivity index (χ0n) is 16.8. The molecule has 1 aliphatic rings. The second-order valence-electron chi connectivity index (χ2n) is 6.79. The number of aryl methyl sites for hydroxylation is 1. The van der Waals surface area contributed by atoms with Crippen LogP contribution in [0.15, 0.2) is 29.0 Å². The van der Waals surface area contributed by atoms with Crippen molar-refractivity contribution in [3.05, 3.63) is 34.7 Å². The van der Waals surface area contributed by atoms with Gasteiger partial charge in [-0.25, -0.2) is 14.3 Å². The number of hydrogen-bond acceptors (Lipinski definition) is 6. The third-order valence-electron chi connectivity index (χ3n) is 4.95. The van der Waals surface area contributed by atoms with E-state index in [1.807, 2.05) is 23.9 Å². The van der Waals surface area contributed by atoms with E-state index in [0.29, 0.717) is 44.1 Å². The van der Waals surface area contributed by atoms with E-state index >= 15 is 0 Å². The number of fused-ring (bicyclic) bond motifs is 1. The van der Waals surface area contributed by atoms with Gasteiger partial charge in [0.25, 0.3) is 5.91 Å². The first-order chi connectivity index (χ1) is 14.5. The topological polar surface area (TPSA) is 97.9 Å². The van der Waals surface area contributed by atoms with Crippen LogP contribution in [0.5, 0.6) is 0 Å². The highest BCUT2D eigenvalue weighted by Gasteiger charge is 2.27. The molecule has 0 atom stereocenters. The molecule has 0 N–H and O–H groups in total. The minimum absolute atomic E-state index is 0.187. The number of carbonyl (C=O) groups excluding carboxylic acids is 2. The smallest absolute Gasteiger partial charge is 0.409 e. The molecule has 0 unspecified atom stereocenters. The maximum Gasteiger partial charge on any atom is 0.409 e. The summed E-state index contributed by atoms with van der Waals surface area (Å²) >= 11 is 3.54. The molecule has 0 aromatic carbocycles. The number of rotatable bonds is 4. The van der Waals surface area contributed by atoms with E-state index in [-0.39, 0.29) is 12.0 Å². The SMILES string of the molecule is CCOC(=O)N1CCN(C(=O)c2cc3nccc(-c4nn(CC)cc4Br)n3n2)CC1. The van der Waals surface area contributed by atoms with Crippen molar-refractivity contribution in [3.8, 4) is 11.4 Å². The van der Waals surface area contributed by atoms with Gasteiger partial charge in [-0.15, -0.1) is 0 Å². The second-order valence-corrected chi connectivity index (χ2v) is 7.64. The first-order valence-electron chi connectivity index (χ1n) is 9.81. The zero-order valence-corrected chi connectivity index (χ0v) is 18.4. The predicted octanol–water partition coefficient (Wildman–Crippen LogP) is 2.29. The number of hydrogen-bond donors (Lipinski definition) is 0. The van der Waals surface area contributed by atoms with Gasteiger partial charge in [0.2, 0.25) is 0 Å². The number of nitrogens with zero attached hydrogens (tertiary/aromatic N) is 7. The molecule has 3 aromatic heterocycles. The van der Waals surface area contributed by atoms with Crippen LogP contribution < -0.4 is 0 Å². The van der Waals surface area contributed by atoms with Crippen LogP contribution in [0, 0.1) is 0 Å². The Bertz CT molecular complexity index is 1090. The molecule has 1 saturated heterocycles. The van der Waals surface area contributed by atoms with E-state index in [4.69, 9.17) is 4.74 Å². The summed E-state index contributed by atoms with van der Waals surface area (Å²) in [4.78, 5) is 32.5. The van der Waals surface area contributed by atoms with Crippen molar-refractivity contribution in [1.29, 1.82) is 0 Å². The molecular weight excluding hydrogens is 454 g/mol. The fourth-order valence-corrected chi connectivity index (χ4v) is 3.90. The number of piperazine rings is 1. The molecular formula is C19H22BrN7O3. The van der Waals surface area contributed by atoms with E-state index in [9.17, 15) is 9.59 Å². The van der Waals surface area contributed by atoms with E-state index < -0.39 is 0 Å². The van der Waals surface area contributed by atoms with Gasteiger partial charge in [-0.1, -0.05) is 0 Å². The van der Waals surface area contributed by atoms with E-state index in [1.54, 1.807) is 33.5 Å². The van der Waals surface area contributed by atoms with Crippen molar-refractivity contribution in [2.24, 2.45) is 0 Å². The Labute approximate surface area is 181 Å². The molecule has 11 heteroatoms. The van der Waals surface area contributed by atoms with Crippen molar-refractivity contribution in [1.82, 2.24) is 34.2 Å². The summed E-state index contributed by atoms with van der Waals surface area (Å²) in [7, 11) is 0. The molecule has 10 nitrogen and oxygen atoms in total.